The molecule has 0 spiro atoms. The molecule has 0 unspecified atom stereocenters. The van der Waals surface area contributed by atoms with Gasteiger partial charge in [0.1, 0.15) is 17.4 Å². The van der Waals surface area contributed by atoms with Crippen LogP contribution in [0, 0.1) is 11.3 Å². The van der Waals surface area contributed by atoms with Gasteiger partial charge >= 0.3 is 5.97 Å². The van der Waals surface area contributed by atoms with Crippen molar-refractivity contribution in [3.8, 4) is 11.8 Å². The van der Waals surface area contributed by atoms with Crippen LogP contribution in [0.2, 0.25) is 0 Å². The van der Waals surface area contributed by atoms with Crippen molar-refractivity contribution in [3.05, 3.63) is 29.3 Å². The van der Waals surface area contributed by atoms with Gasteiger partial charge in [0.05, 0.1) is 12.7 Å². The zero-order chi connectivity index (χ0) is 13.9. The molecule has 19 heavy (non-hydrogen) atoms. The summed E-state index contributed by atoms with van der Waals surface area (Å²) in [5.41, 5.74) is 0.604. The van der Waals surface area contributed by atoms with Gasteiger partial charge in [0.25, 0.3) is 0 Å². The van der Waals surface area contributed by atoms with Crippen LogP contribution in [0.4, 0.5) is 0 Å². The molecule has 5 heteroatoms. The minimum Gasteiger partial charge on any atom is -0.495 e. The predicted octanol–water partition coefficient (Wildman–Crippen LogP) is 1.66. The van der Waals surface area contributed by atoms with Crippen molar-refractivity contribution >= 4 is 5.97 Å². The van der Waals surface area contributed by atoms with Crippen molar-refractivity contribution in [1.29, 1.82) is 5.26 Å². The van der Waals surface area contributed by atoms with E-state index in [4.69, 9.17) is 10.00 Å². The highest BCUT2D eigenvalue weighted by atomic mass is 16.5. The van der Waals surface area contributed by atoms with Crippen LogP contribution in [0.3, 0.4) is 0 Å². The monoisotopic (exact) mass is 260 g/mol. The second-order valence-electron chi connectivity index (χ2n) is 4.74. The Bertz CT molecular complexity index is 530. The fourth-order valence-corrected chi connectivity index (χ4v) is 2.21. The summed E-state index contributed by atoms with van der Waals surface area (Å²) in [7, 11) is 1.51. The molecule has 0 heterocycles. The molecule has 1 fully saturated rings. The second kappa shape index (κ2) is 5.29. The molecule has 0 aliphatic heterocycles. The number of benzene rings is 1. The number of nitriles is 1. The van der Waals surface area contributed by atoms with Crippen molar-refractivity contribution in [1.82, 2.24) is 5.32 Å². The molecule has 1 aliphatic carbocycles. The Labute approximate surface area is 111 Å². The summed E-state index contributed by atoms with van der Waals surface area (Å²) in [6.45, 7) is 0.453. The highest BCUT2D eigenvalue weighted by molar-refractivity contribution is 5.80. The maximum Gasteiger partial charge on any atom is 0.323 e. The van der Waals surface area contributed by atoms with Crippen LogP contribution >= 0.6 is 0 Å². The molecule has 1 aromatic rings. The van der Waals surface area contributed by atoms with E-state index in [0.717, 1.165) is 12.0 Å². The smallest absolute Gasteiger partial charge is 0.323 e. The first-order chi connectivity index (χ1) is 9.11. The van der Waals surface area contributed by atoms with Gasteiger partial charge in [-0.15, -0.1) is 0 Å². The molecule has 1 aliphatic rings. The first-order valence-electron chi connectivity index (χ1n) is 6.17. The van der Waals surface area contributed by atoms with Crippen molar-refractivity contribution in [2.24, 2.45) is 0 Å². The van der Waals surface area contributed by atoms with Crippen molar-refractivity contribution in [3.63, 3.8) is 0 Å². The SMILES string of the molecule is COc1cc(CNC2(C(=O)O)CCC2)ccc1C#N. The molecule has 100 valence electrons. The molecule has 0 amide bonds. The van der Waals surface area contributed by atoms with Gasteiger partial charge in [0.15, 0.2) is 0 Å². The lowest BCUT2D eigenvalue weighted by Crippen LogP contribution is -2.56. The topological polar surface area (TPSA) is 82.3 Å². The van der Waals surface area contributed by atoms with Crippen LogP contribution < -0.4 is 10.1 Å². The maximum atomic E-state index is 11.2. The zero-order valence-electron chi connectivity index (χ0n) is 10.8. The standard InChI is InChI=1S/C14H16N2O3/c1-19-12-7-10(3-4-11(12)8-15)9-16-14(13(17)18)5-2-6-14/h3-4,7,16H,2,5-6,9H2,1H3,(H,17,18). The number of rotatable bonds is 5. The van der Waals surface area contributed by atoms with Crippen LogP contribution in [-0.2, 0) is 11.3 Å². The van der Waals surface area contributed by atoms with Gasteiger partial charge < -0.3 is 9.84 Å². The normalized spacial score (nSPS) is 16.2. The van der Waals surface area contributed by atoms with E-state index in [1.807, 2.05) is 12.1 Å². The molecule has 1 saturated carbocycles. The van der Waals surface area contributed by atoms with Crippen LogP contribution in [0.25, 0.3) is 0 Å². The van der Waals surface area contributed by atoms with E-state index < -0.39 is 11.5 Å². The third kappa shape index (κ3) is 2.54. The van der Waals surface area contributed by atoms with E-state index in [-0.39, 0.29) is 0 Å². The molecule has 2 rings (SSSR count). The van der Waals surface area contributed by atoms with Crippen LogP contribution in [-0.4, -0.2) is 23.7 Å². The first-order valence-corrected chi connectivity index (χ1v) is 6.17. The summed E-state index contributed by atoms with van der Waals surface area (Å²) in [6.07, 6.45) is 2.27. The van der Waals surface area contributed by atoms with E-state index in [0.29, 0.717) is 30.7 Å². The van der Waals surface area contributed by atoms with Gasteiger partial charge in [0, 0.05) is 6.54 Å². The van der Waals surface area contributed by atoms with Crippen LogP contribution in [0.5, 0.6) is 5.75 Å². The highest BCUT2D eigenvalue weighted by Gasteiger charge is 2.43. The predicted molar refractivity (Wildman–Crippen MR) is 68.8 cm³/mol. The summed E-state index contributed by atoms with van der Waals surface area (Å²) in [6, 6.07) is 7.30. The fraction of sp³-hybridized carbons (Fsp3) is 0.429. The van der Waals surface area contributed by atoms with Gasteiger partial charge in [-0.3, -0.25) is 10.1 Å². The summed E-state index contributed by atoms with van der Waals surface area (Å²) >= 11 is 0. The van der Waals surface area contributed by atoms with Gasteiger partial charge in [-0.05, 0) is 37.0 Å². The highest BCUT2D eigenvalue weighted by Crippen LogP contribution is 2.32. The van der Waals surface area contributed by atoms with Gasteiger partial charge in [-0.1, -0.05) is 6.07 Å². The molecular weight excluding hydrogens is 244 g/mol. The molecule has 0 aromatic heterocycles. The minimum atomic E-state index is -0.792. The fourth-order valence-electron chi connectivity index (χ4n) is 2.21. The quantitative estimate of drug-likeness (QED) is 0.841. The molecule has 0 atom stereocenters. The first kappa shape index (κ1) is 13.4. The average molecular weight is 260 g/mol. The number of ether oxygens (including phenoxy) is 1. The summed E-state index contributed by atoms with van der Waals surface area (Å²) in [5, 5.41) is 21.2. The Morgan fingerprint density at radius 2 is 2.32 bits per heavy atom. The second-order valence-corrected chi connectivity index (χ2v) is 4.74. The Morgan fingerprint density at radius 3 is 2.79 bits per heavy atom. The van der Waals surface area contributed by atoms with Gasteiger partial charge in [-0.25, -0.2) is 0 Å². The lowest BCUT2D eigenvalue weighted by molar-refractivity contribution is -0.148. The molecule has 5 nitrogen and oxygen atoms in total. The lowest BCUT2D eigenvalue weighted by atomic mass is 9.76. The van der Waals surface area contributed by atoms with E-state index in [9.17, 15) is 9.90 Å². The summed E-state index contributed by atoms with van der Waals surface area (Å²) in [5.74, 6) is -0.279. The van der Waals surface area contributed by atoms with Crippen molar-refractivity contribution in [2.75, 3.05) is 7.11 Å². The number of nitrogens with zero attached hydrogens (tertiary/aromatic N) is 1. The van der Waals surface area contributed by atoms with Crippen LogP contribution in [0.1, 0.15) is 30.4 Å². The maximum absolute atomic E-state index is 11.2. The molecule has 0 saturated heterocycles. The van der Waals surface area contributed by atoms with Crippen molar-refractivity contribution in [2.45, 2.75) is 31.3 Å². The molecule has 0 radical (unpaired) electrons. The van der Waals surface area contributed by atoms with E-state index >= 15 is 0 Å². The minimum absolute atomic E-state index is 0.453. The number of hydrogen-bond donors (Lipinski definition) is 2. The van der Waals surface area contributed by atoms with Gasteiger partial charge in [-0.2, -0.15) is 5.26 Å². The number of hydrogen-bond acceptors (Lipinski definition) is 4. The third-order valence-electron chi connectivity index (χ3n) is 3.63. The van der Waals surface area contributed by atoms with Crippen molar-refractivity contribution < 1.29 is 14.6 Å². The largest absolute Gasteiger partial charge is 0.495 e. The number of nitrogens with one attached hydrogen (secondary N) is 1. The third-order valence-corrected chi connectivity index (χ3v) is 3.63. The number of carboxylic acids is 1. The lowest BCUT2D eigenvalue weighted by Gasteiger charge is -2.38. The number of methoxy groups -OCH3 is 1. The number of aliphatic carboxylic acids is 1. The number of carbonyl (C=O) groups is 1. The molecule has 0 bridgehead atoms. The summed E-state index contributed by atoms with van der Waals surface area (Å²) < 4.78 is 5.13. The van der Waals surface area contributed by atoms with Gasteiger partial charge in [0.2, 0.25) is 0 Å². The van der Waals surface area contributed by atoms with E-state index in [1.165, 1.54) is 7.11 Å². The molecule has 2 N–H and O–H groups in total. The Balaban J connectivity index is 2.08. The molecule has 1 aromatic carbocycles. The Morgan fingerprint density at radius 1 is 1.58 bits per heavy atom. The van der Waals surface area contributed by atoms with E-state index in [1.54, 1.807) is 12.1 Å². The average Bonchev–Trinajstić information content (AvgIpc) is 2.36. The molecular formula is C14H16N2O3. The van der Waals surface area contributed by atoms with E-state index in [2.05, 4.69) is 5.32 Å². The summed E-state index contributed by atoms with van der Waals surface area (Å²) in [4.78, 5) is 11.2. The Kier molecular flexibility index (Phi) is 3.72. The zero-order valence-corrected chi connectivity index (χ0v) is 10.8. The number of carboxylic acid groups (broad SMARTS) is 1. The Hall–Kier alpha value is -2.06. The van der Waals surface area contributed by atoms with Crippen LogP contribution in [0.15, 0.2) is 18.2 Å².